The summed E-state index contributed by atoms with van der Waals surface area (Å²) in [5.41, 5.74) is -4.44. The van der Waals surface area contributed by atoms with Gasteiger partial charge in [0.25, 0.3) is 5.72 Å². The van der Waals surface area contributed by atoms with Crippen LogP contribution in [0.5, 0.6) is 5.75 Å². The molecule has 0 saturated carbocycles. The third kappa shape index (κ3) is 4.13. The number of halogens is 5. The number of alkyl halides is 3. The van der Waals surface area contributed by atoms with E-state index in [1.165, 1.54) is 36.4 Å². The first kappa shape index (κ1) is 22.7. The van der Waals surface area contributed by atoms with Gasteiger partial charge in [-0.25, -0.2) is 4.79 Å². The molecule has 0 amide bonds. The molecule has 0 radical (unpaired) electrons. The summed E-state index contributed by atoms with van der Waals surface area (Å²) in [6, 6.07) is 15.0. The number of carboxylic acid groups (broad SMARTS) is 1. The van der Waals surface area contributed by atoms with E-state index in [0.717, 1.165) is 6.92 Å². The topological polar surface area (TPSA) is 75.2 Å². The molecule has 1 N–H and O–H groups in total. The van der Waals surface area contributed by atoms with Gasteiger partial charge in [0.15, 0.2) is 0 Å². The first-order chi connectivity index (χ1) is 14.5. The van der Waals surface area contributed by atoms with E-state index in [9.17, 15) is 28.3 Å². The summed E-state index contributed by atoms with van der Waals surface area (Å²) < 4.78 is 47.8. The van der Waals surface area contributed by atoms with E-state index < -0.39 is 33.6 Å². The zero-order valence-electron chi connectivity index (χ0n) is 15.7. The molecular weight excluding hydrogens is 501 g/mol. The van der Waals surface area contributed by atoms with Crippen molar-refractivity contribution in [1.29, 1.82) is 5.26 Å². The Bertz CT molecular complexity index is 1170. The number of carboxylic acids is 1. The minimum absolute atomic E-state index is 0.0333. The summed E-state index contributed by atoms with van der Waals surface area (Å²) in [5.74, 6) is -1.66. The van der Waals surface area contributed by atoms with E-state index in [4.69, 9.17) is 16.3 Å². The molecule has 5 nitrogen and oxygen atoms in total. The molecular formula is C21H13BrClF3N2O3. The fraction of sp³-hybridized carbons (Fsp3) is 0.143. The van der Waals surface area contributed by atoms with Crippen molar-refractivity contribution in [3.63, 3.8) is 0 Å². The SMILES string of the molecule is CC(Oc1ccccc1)(C(=O)O)n1c(-c2ccc(Cl)cc2)c(C#N)c(Br)c1C(F)(F)F. The number of rotatable bonds is 5. The summed E-state index contributed by atoms with van der Waals surface area (Å²) in [6.07, 6.45) is -5.01. The lowest BCUT2D eigenvalue weighted by molar-refractivity contribution is -0.170. The lowest BCUT2D eigenvalue weighted by Crippen LogP contribution is -2.46. The number of carbonyl (C=O) groups is 1. The maximum absolute atomic E-state index is 14.1. The fourth-order valence-corrected chi connectivity index (χ4v) is 3.91. The number of hydrogen-bond acceptors (Lipinski definition) is 3. The van der Waals surface area contributed by atoms with Gasteiger partial charge in [-0.2, -0.15) is 18.4 Å². The molecule has 1 unspecified atom stereocenters. The van der Waals surface area contributed by atoms with Crippen molar-refractivity contribution in [2.24, 2.45) is 0 Å². The van der Waals surface area contributed by atoms with Crippen molar-refractivity contribution in [2.75, 3.05) is 0 Å². The molecule has 0 saturated heterocycles. The summed E-state index contributed by atoms with van der Waals surface area (Å²) in [6.45, 7) is 0.991. The smallest absolute Gasteiger partial charge is 0.432 e. The number of aromatic nitrogens is 1. The molecule has 0 aliphatic rings. The monoisotopic (exact) mass is 512 g/mol. The minimum atomic E-state index is -5.01. The van der Waals surface area contributed by atoms with E-state index in [2.05, 4.69) is 15.9 Å². The maximum Gasteiger partial charge on any atom is 0.432 e. The highest BCUT2D eigenvalue weighted by Crippen LogP contribution is 2.46. The summed E-state index contributed by atoms with van der Waals surface area (Å²) in [5, 5.41) is 19.9. The predicted molar refractivity (Wildman–Crippen MR) is 111 cm³/mol. The van der Waals surface area contributed by atoms with Crippen LogP contribution in [0.2, 0.25) is 5.02 Å². The Hall–Kier alpha value is -2.96. The zero-order valence-corrected chi connectivity index (χ0v) is 18.1. The van der Waals surface area contributed by atoms with Crippen LogP contribution in [0.4, 0.5) is 13.2 Å². The average molecular weight is 514 g/mol. The Labute approximate surface area is 188 Å². The van der Waals surface area contributed by atoms with E-state index in [0.29, 0.717) is 9.59 Å². The van der Waals surface area contributed by atoms with Gasteiger partial charge in [0.1, 0.15) is 17.5 Å². The number of nitrogens with zero attached hydrogens (tertiary/aromatic N) is 2. The number of benzene rings is 2. The third-order valence-corrected chi connectivity index (χ3v) is 5.52. The molecule has 0 spiro atoms. The molecule has 1 heterocycles. The minimum Gasteiger partial charge on any atom is -0.477 e. The van der Waals surface area contributed by atoms with Crippen LogP contribution in [0.25, 0.3) is 11.3 Å². The van der Waals surface area contributed by atoms with Crippen molar-refractivity contribution < 1.29 is 27.8 Å². The highest BCUT2D eigenvalue weighted by molar-refractivity contribution is 9.10. The summed E-state index contributed by atoms with van der Waals surface area (Å²) in [4.78, 5) is 12.3. The zero-order chi connectivity index (χ0) is 23.0. The highest BCUT2D eigenvalue weighted by atomic mass is 79.9. The third-order valence-electron chi connectivity index (χ3n) is 4.49. The van der Waals surface area contributed by atoms with Gasteiger partial charge in [-0.05, 0) is 45.8 Å². The molecule has 2 aromatic carbocycles. The Morgan fingerprint density at radius 3 is 2.23 bits per heavy atom. The van der Waals surface area contributed by atoms with Crippen molar-refractivity contribution >= 4 is 33.5 Å². The highest BCUT2D eigenvalue weighted by Gasteiger charge is 2.50. The average Bonchev–Trinajstić information content (AvgIpc) is 3.02. The van der Waals surface area contributed by atoms with Crippen LogP contribution in [0.15, 0.2) is 59.1 Å². The molecule has 0 fully saturated rings. The molecule has 0 aliphatic heterocycles. The normalized spacial score (nSPS) is 13.3. The van der Waals surface area contributed by atoms with Crippen LogP contribution >= 0.6 is 27.5 Å². The van der Waals surface area contributed by atoms with Crippen molar-refractivity contribution in [3.05, 3.63) is 75.4 Å². The molecule has 0 bridgehead atoms. The number of hydrogen-bond donors (Lipinski definition) is 1. The Balaban J connectivity index is 2.44. The molecule has 3 rings (SSSR count). The Morgan fingerprint density at radius 2 is 1.74 bits per heavy atom. The maximum atomic E-state index is 14.1. The van der Waals surface area contributed by atoms with Gasteiger partial charge in [-0.3, -0.25) is 4.57 Å². The predicted octanol–water partition coefficient (Wildman–Crippen LogP) is 6.30. The quantitative estimate of drug-likeness (QED) is 0.435. The standard InChI is InChI=1S/C21H13BrClF3N2O3/c1-20(19(29)30,31-14-5-3-2-4-6-14)28-17(12-7-9-13(23)10-8-12)15(11-27)16(22)18(28)21(24,25)26/h2-10H,1H3,(H,29,30). The van der Waals surface area contributed by atoms with Gasteiger partial charge in [-0.15, -0.1) is 0 Å². The van der Waals surface area contributed by atoms with Gasteiger partial charge in [0.05, 0.1) is 15.7 Å². The Kier molecular flexibility index (Phi) is 6.07. The number of nitriles is 1. The molecule has 10 heteroatoms. The van der Waals surface area contributed by atoms with E-state index in [1.54, 1.807) is 24.3 Å². The van der Waals surface area contributed by atoms with Crippen molar-refractivity contribution in [3.8, 4) is 23.1 Å². The van der Waals surface area contributed by atoms with E-state index in [1.807, 2.05) is 0 Å². The van der Waals surface area contributed by atoms with Crippen molar-refractivity contribution in [2.45, 2.75) is 18.8 Å². The first-order valence-corrected chi connectivity index (χ1v) is 9.83. The summed E-state index contributed by atoms with van der Waals surface area (Å²) >= 11 is 8.74. The van der Waals surface area contributed by atoms with Crippen LogP contribution in [-0.4, -0.2) is 15.6 Å². The molecule has 0 aliphatic carbocycles. The molecule has 3 aromatic rings. The lowest BCUT2D eigenvalue weighted by atomic mass is 10.1. The lowest BCUT2D eigenvalue weighted by Gasteiger charge is -2.32. The first-order valence-electron chi connectivity index (χ1n) is 8.66. The number of ether oxygens (including phenoxy) is 1. The number of para-hydroxylation sites is 1. The molecule has 1 atom stereocenters. The van der Waals surface area contributed by atoms with Crippen LogP contribution in [-0.2, 0) is 16.7 Å². The largest absolute Gasteiger partial charge is 0.477 e. The second-order valence-corrected chi connectivity index (χ2v) is 7.77. The van der Waals surface area contributed by atoms with Gasteiger partial charge < -0.3 is 9.84 Å². The second-order valence-electron chi connectivity index (χ2n) is 6.54. The summed E-state index contributed by atoms with van der Waals surface area (Å²) in [7, 11) is 0. The van der Waals surface area contributed by atoms with Gasteiger partial charge >= 0.3 is 12.1 Å². The van der Waals surface area contributed by atoms with Crippen molar-refractivity contribution in [1.82, 2.24) is 4.57 Å². The number of aliphatic carboxylic acids is 1. The molecule has 31 heavy (non-hydrogen) atoms. The molecule has 160 valence electrons. The Morgan fingerprint density at radius 1 is 1.16 bits per heavy atom. The van der Waals surface area contributed by atoms with Crippen LogP contribution in [0, 0.1) is 11.3 Å². The van der Waals surface area contributed by atoms with Crippen LogP contribution in [0.1, 0.15) is 18.2 Å². The van der Waals surface area contributed by atoms with Gasteiger partial charge in [-0.1, -0.05) is 41.9 Å². The van der Waals surface area contributed by atoms with Gasteiger partial charge in [0.2, 0.25) is 0 Å². The van der Waals surface area contributed by atoms with Crippen LogP contribution in [0.3, 0.4) is 0 Å². The fourth-order valence-electron chi connectivity index (χ4n) is 3.11. The van der Waals surface area contributed by atoms with Crippen LogP contribution < -0.4 is 4.74 Å². The van der Waals surface area contributed by atoms with E-state index >= 15 is 0 Å². The van der Waals surface area contributed by atoms with E-state index in [-0.39, 0.29) is 17.0 Å². The van der Waals surface area contributed by atoms with Gasteiger partial charge in [0, 0.05) is 11.9 Å². The molecule has 1 aromatic heterocycles. The second kappa shape index (κ2) is 8.29.